The first-order valence-electron chi connectivity index (χ1n) is 7.72. The van der Waals surface area contributed by atoms with Crippen molar-refractivity contribution < 1.29 is 0 Å². The summed E-state index contributed by atoms with van der Waals surface area (Å²) in [4.78, 5) is 8.16. The number of halogens is 1. The lowest BCUT2D eigenvalue weighted by atomic mass is 10.1. The molecule has 0 spiro atoms. The van der Waals surface area contributed by atoms with Crippen molar-refractivity contribution in [2.24, 2.45) is 0 Å². The molecule has 4 rings (SSSR count). The summed E-state index contributed by atoms with van der Waals surface area (Å²) in [6, 6.07) is 16.2. The summed E-state index contributed by atoms with van der Waals surface area (Å²) in [6.07, 6.45) is 0. The van der Waals surface area contributed by atoms with Gasteiger partial charge in [-0.15, -0.1) is 11.3 Å². The Bertz CT molecular complexity index is 988. The fourth-order valence-electron chi connectivity index (χ4n) is 2.87. The number of fused-ring (bicyclic) bond motifs is 1. The van der Waals surface area contributed by atoms with Gasteiger partial charge in [-0.3, -0.25) is 0 Å². The molecule has 2 N–H and O–H groups in total. The molecule has 3 nitrogen and oxygen atoms in total. The molecule has 120 valence electrons. The van der Waals surface area contributed by atoms with Gasteiger partial charge < -0.3 is 10.3 Å². The predicted molar refractivity (Wildman–Crippen MR) is 103 cm³/mol. The summed E-state index contributed by atoms with van der Waals surface area (Å²) < 4.78 is 0. The molecule has 0 bridgehead atoms. The van der Waals surface area contributed by atoms with Crippen LogP contribution >= 0.6 is 22.9 Å². The third-order valence-corrected chi connectivity index (χ3v) is 5.03. The number of anilines is 1. The molecular weight excluding hydrogens is 338 g/mol. The summed E-state index contributed by atoms with van der Waals surface area (Å²) >= 11 is 7.79. The number of thiazole rings is 1. The minimum atomic E-state index is 0.736. The van der Waals surface area contributed by atoms with Gasteiger partial charge in [0, 0.05) is 39.1 Å². The summed E-state index contributed by atoms with van der Waals surface area (Å²) in [5.74, 6) is 0. The van der Waals surface area contributed by atoms with Crippen LogP contribution in [-0.2, 0) is 6.54 Å². The average Bonchev–Trinajstić information content (AvgIpc) is 3.17. The van der Waals surface area contributed by atoms with E-state index in [2.05, 4.69) is 34.7 Å². The second-order valence-electron chi connectivity index (χ2n) is 5.69. The number of H-pyrrole nitrogens is 1. The van der Waals surface area contributed by atoms with E-state index in [4.69, 9.17) is 16.6 Å². The molecule has 2 aromatic carbocycles. The number of benzene rings is 2. The molecule has 5 heteroatoms. The van der Waals surface area contributed by atoms with Crippen molar-refractivity contribution in [2.45, 2.75) is 13.5 Å². The van der Waals surface area contributed by atoms with Gasteiger partial charge in [-0.2, -0.15) is 0 Å². The zero-order valence-corrected chi connectivity index (χ0v) is 14.7. The second kappa shape index (κ2) is 6.30. The molecule has 24 heavy (non-hydrogen) atoms. The van der Waals surface area contributed by atoms with E-state index in [0.717, 1.165) is 44.6 Å². The molecule has 0 saturated heterocycles. The third-order valence-electron chi connectivity index (χ3n) is 4.00. The monoisotopic (exact) mass is 353 g/mol. The highest BCUT2D eigenvalue weighted by Crippen LogP contribution is 2.35. The van der Waals surface area contributed by atoms with Gasteiger partial charge in [0.15, 0.2) is 5.13 Å². The topological polar surface area (TPSA) is 40.7 Å². The number of nitrogens with one attached hydrogen (secondary N) is 2. The van der Waals surface area contributed by atoms with Crippen molar-refractivity contribution in [1.29, 1.82) is 0 Å². The van der Waals surface area contributed by atoms with Crippen LogP contribution in [0.3, 0.4) is 0 Å². The minimum absolute atomic E-state index is 0.736. The number of hydrogen-bond acceptors (Lipinski definition) is 3. The van der Waals surface area contributed by atoms with Gasteiger partial charge in [0.05, 0.1) is 5.69 Å². The Kier molecular flexibility index (Phi) is 4.00. The van der Waals surface area contributed by atoms with Gasteiger partial charge in [-0.1, -0.05) is 41.9 Å². The molecule has 0 fully saturated rings. The normalized spacial score (nSPS) is 11.1. The molecule has 0 aliphatic heterocycles. The van der Waals surface area contributed by atoms with Crippen LogP contribution in [0.5, 0.6) is 0 Å². The summed E-state index contributed by atoms with van der Waals surface area (Å²) in [7, 11) is 0. The van der Waals surface area contributed by atoms with E-state index < -0.39 is 0 Å². The summed E-state index contributed by atoms with van der Waals surface area (Å²) in [5, 5.41) is 8.25. The van der Waals surface area contributed by atoms with Crippen LogP contribution in [0.25, 0.3) is 22.2 Å². The quantitative estimate of drug-likeness (QED) is 0.482. The standard InChI is InChI=1S/C19H16ClN3S/c1-12-18(15-9-14(20)7-8-16(15)22-12)17-11-24-19(23-17)21-10-13-5-3-2-4-6-13/h2-9,11,22H,10H2,1H3,(H,21,23). The van der Waals surface area contributed by atoms with Crippen LogP contribution in [0.4, 0.5) is 5.13 Å². The Balaban J connectivity index is 1.63. The van der Waals surface area contributed by atoms with Crippen LogP contribution in [0.2, 0.25) is 5.02 Å². The van der Waals surface area contributed by atoms with Crippen LogP contribution in [0.1, 0.15) is 11.3 Å². The molecule has 0 aliphatic rings. The fraction of sp³-hybridized carbons (Fsp3) is 0.105. The van der Waals surface area contributed by atoms with E-state index in [1.54, 1.807) is 11.3 Å². The highest BCUT2D eigenvalue weighted by Gasteiger charge is 2.14. The van der Waals surface area contributed by atoms with Gasteiger partial charge in [-0.05, 0) is 30.7 Å². The van der Waals surface area contributed by atoms with Crippen molar-refractivity contribution in [2.75, 3.05) is 5.32 Å². The van der Waals surface area contributed by atoms with Crippen LogP contribution in [0.15, 0.2) is 53.9 Å². The Labute approximate surface area is 149 Å². The Morgan fingerprint density at radius 1 is 1.17 bits per heavy atom. The molecular formula is C19H16ClN3S. The van der Waals surface area contributed by atoms with Crippen molar-refractivity contribution in [3.8, 4) is 11.3 Å². The van der Waals surface area contributed by atoms with Crippen LogP contribution < -0.4 is 5.32 Å². The SMILES string of the molecule is Cc1[nH]c2ccc(Cl)cc2c1-c1csc(NCc2ccccc2)n1. The number of rotatable bonds is 4. The molecule has 2 aromatic heterocycles. The van der Waals surface area contributed by atoms with Crippen molar-refractivity contribution >= 4 is 39.0 Å². The number of aryl methyl sites for hydroxylation is 1. The fourth-order valence-corrected chi connectivity index (χ4v) is 3.74. The molecule has 4 aromatic rings. The lowest BCUT2D eigenvalue weighted by molar-refractivity contribution is 1.13. The largest absolute Gasteiger partial charge is 0.358 e. The second-order valence-corrected chi connectivity index (χ2v) is 6.99. The maximum absolute atomic E-state index is 6.17. The molecule has 0 radical (unpaired) electrons. The highest BCUT2D eigenvalue weighted by molar-refractivity contribution is 7.14. The van der Waals surface area contributed by atoms with Crippen molar-refractivity contribution in [1.82, 2.24) is 9.97 Å². The van der Waals surface area contributed by atoms with E-state index >= 15 is 0 Å². The van der Waals surface area contributed by atoms with E-state index in [0.29, 0.717) is 0 Å². The summed E-state index contributed by atoms with van der Waals surface area (Å²) in [5.41, 5.74) is 5.52. The van der Waals surface area contributed by atoms with Gasteiger partial charge in [-0.25, -0.2) is 4.98 Å². The Hall–Kier alpha value is -2.30. The highest BCUT2D eigenvalue weighted by atomic mass is 35.5. The van der Waals surface area contributed by atoms with E-state index in [-0.39, 0.29) is 0 Å². The number of hydrogen-bond donors (Lipinski definition) is 2. The molecule has 0 unspecified atom stereocenters. The van der Waals surface area contributed by atoms with E-state index in [9.17, 15) is 0 Å². The maximum Gasteiger partial charge on any atom is 0.183 e. The van der Waals surface area contributed by atoms with Crippen molar-refractivity contribution in [3.63, 3.8) is 0 Å². The molecule has 2 heterocycles. The molecule has 0 amide bonds. The molecule has 0 aliphatic carbocycles. The van der Waals surface area contributed by atoms with Gasteiger partial charge >= 0.3 is 0 Å². The molecule has 0 saturated carbocycles. The van der Waals surface area contributed by atoms with Crippen LogP contribution in [0, 0.1) is 6.92 Å². The number of nitrogens with zero attached hydrogens (tertiary/aromatic N) is 1. The zero-order chi connectivity index (χ0) is 16.5. The smallest absolute Gasteiger partial charge is 0.183 e. The maximum atomic E-state index is 6.17. The number of aromatic amines is 1. The predicted octanol–water partition coefficient (Wildman–Crippen LogP) is 5.87. The minimum Gasteiger partial charge on any atom is -0.358 e. The van der Waals surface area contributed by atoms with Gasteiger partial charge in [0.25, 0.3) is 0 Å². The zero-order valence-electron chi connectivity index (χ0n) is 13.1. The lowest BCUT2D eigenvalue weighted by Gasteiger charge is -2.02. The summed E-state index contributed by atoms with van der Waals surface area (Å²) in [6.45, 7) is 2.84. The Morgan fingerprint density at radius 2 is 2.00 bits per heavy atom. The lowest BCUT2D eigenvalue weighted by Crippen LogP contribution is -1.98. The first-order valence-corrected chi connectivity index (χ1v) is 8.98. The van der Waals surface area contributed by atoms with Crippen LogP contribution in [-0.4, -0.2) is 9.97 Å². The first-order chi connectivity index (χ1) is 11.7. The average molecular weight is 354 g/mol. The van der Waals surface area contributed by atoms with E-state index in [1.165, 1.54) is 5.56 Å². The van der Waals surface area contributed by atoms with Crippen molar-refractivity contribution in [3.05, 3.63) is 70.2 Å². The Morgan fingerprint density at radius 3 is 2.83 bits per heavy atom. The van der Waals surface area contributed by atoms with Gasteiger partial charge in [0.1, 0.15) is 0 Å². The van der Waals surface area contributed by atoms with E-state index in [1.807, 2.05) is 36.4 Å². The first kappa shape index (κ1) is 15.2. The third kappa shape index (κ3) is 2.90. The van der Waals surface area contributed by atoms with Gasteiger partial charge in [0.2, 0.25) is 0 Å². The molecule has 0 atom stereocenters. The number of aromatic nitrogens is 2.